The number of nitrogens with zero attached hydrogens (tertiary/aromatic N) is 4. The van der Waals surface area contributed by atoms with Crippen molar-refractivity contribution in [2.75, 3.05) is 5.73 Å². The number of hydrogen-bond donors (Lipinski definition) is 3. The Bertz CT molecular complexity index is 2210. The average Bonchev–Trinajstić information content (AvgIpc) is 2.98. The zero-order valence-electron chi connectivity index (χ0n) is 24.5. The highest BCUT2D eigenvalue weighted by Gasteiger charge is 2.23. The number of aromatic hydroxyl groups is 1. The minimum Gasteiger partial charge on any atom is -0.505 e. The second-order valence-electron chi connectivity index (χ2n) is 10.6. The predicted molar refractivity (Wildman–Crippen MR) is 173 cm³/mol. The van der Waals surface area contributed by atoms with Gasteiger partial charge in [0.25, 0.3) is 10.1 Å². The maximum absolute atomic E-state index is 12.9. The van der Waals surface area contributed by atoms with Crippen molar-refractivity contribution in [3.8, 4) is 5.75 Å². The number of fused-ring (bicyclic) bond motifs is 1. The van der Waals surface area contributed by atoms with E-state index in [-0.39, 0.29) is 21.7 Å². The first kappa shape index (κ1) is 31.4. The van der Waals surface area contributed by atoms with Crippen molar-refractivity contribution in [1.29, 1.82) is 0 Å². The van der Waals surface area contributed by atoms with Gasteiger partial charge in [0.15, 0.2) is 15.6 Å². The summed E-state index contributed by atoms with van der Waals surface area (Å²) in [5.41, 5.74) is 10.1. The molecule has 4 N–H and O–H groups in total. The number of nitrogens with two attached hydrogens (primary N) is 1. The number of aryl methyl sites for hydroxylation is 3. The summed E-state index contributed by atoms with van der Waals surface area (Å²) in [4.78, 5) is -0.434. The molecule has 0 radical (unpaired) electrons. The standard InChI is InChI=1S/C32H29N5O6S2/c1-19-7-9-22(10-8-19)18-44(39,40)25-13-11-24(12-14-25)34-35-27-15-21(3)28(16-20(27)2)36-37-31-29(45(41,42)43)17-23-5-4-6-26(33)30(23)32(31)38/h4-17,38H,18,33H2,1-3H3,(H,41,42,43). The average molecular weight is 644 g/mol. The second kappa shape index (κ2) is 12.2. The lowest BCUT2D eigenvalue weighted by atomic mass is 10.1. The Balaban J connectivity index is 1.39. The fraction of sp³-hybridized carbons (Fsp3) is 0.125. The van der Waals surface area contributed by atoms with Crippen molar-refractivity contribution >= 4 is 59.2 Å². The number of rotatable bonds is 8. The third kappa shape index (κ3) is 6.90. The van der Waals surface area contributed by atoms with Crippen LogP contribution in [-0.4, -0.2) is 26.5 Å². The SMILES string of the molecule is Cc1ccc(CS(=O)(=O)c2ccc(N=Nc3cc(C)c(N=Nc4c(S(=O)(=O)O)cc5cccc(N)c5c4O)cc3C)cc2)cc1. The number of nitrogen functional groups attached to an aromatic ring is 1. The summed E-state index contributed by atoms with van der Waals surface area (Å²) in [6, 6.07) is 22.7. The fourth-order valence-electron chi connectivity index (χ4n) is 4.64. The molecule has 0 unspecified atom stereocenters. The van der Waals surface area contributed by atoms with Crippen molar-refractivity contribution < 1.29 is 26.5 Å². The molecule has 0 atom stereocenters. The Morgan fingerprint density at radius 2 is 1.33 bits per heavy atom. The quantitative estimate of drug-likeness (QED) is 0.0866. The van der Waals surface area contributed by atoms with Gasteiger partial charge in [0.05, 0.1) is 27.7 Å². The molecule has 45 heavy (non-hydrogen) atoms. The Morgan fingerprint density at radius 3 is 1.93 bits per heavy atom. The van der Waals surface area contributed by atoms with E-state index in [9.17, 15) is 26.5 Å². The van der Waals surface area contributed by atoms with E-state index in [4.69, 9.17) is 5.73 Å². The number of azo groups is 2. The Labute approximate surface area is 260 Å². The van der Waals surface area contributed by atoms with Crippen LogP contribution < -0.4 is 5.73 Å². The summed E-state index contributed by atoms with van der Waals surface area (Å²) in [7, 11) is -8.31. The minimum absolute atomic E-state index is 0.109. The number of phenolic OH excluding ortho intramolecular Hbond substituents is 1. The second-order valence-corrected chi connectivity index (χ2v) is 13.9. The van der Waals surface area contributed by atoms with E-state index in [1.807, 2.05) is 19.1 Å². The van der Waals surface area contributed by atoms with Crippen LogP contribution in [0.1, 0.15) is 22.3 Å². The van der Waals surface area contributed by atoms with Crippen LogP contribution in [0.2, 0.25) is 0 Å². The highest BCUT2D eigenvalue weighted by Crippen LogP contribution is 2.43. The first-order chi connectivity index (χ1) is 21.2. The number of hydrogen-bond acceptors (Lipinski definition) is 10. The van der Waals surface area contributed by atoms with E-state index >= 15 is 0 Å². The molecule has 0 aliphatic carbocycles. The molecular weight excluding hydrogens is 615 g/mol. The van der Waals surface area contributed by atoms with E-state index in [0.717, 1.165) is 5.56 Å². The highest BCUT2D eigenvalue weighted by atomic mass is 32.2. The van der Waals surface area contributed by atoms with E-state index < -0.39 is 36.3 Å². The van der Waals surface area contributed by atoms with Gasteiger partial charge in [0.1, 0.15) is 10.6 Å². The van der Waals surface area contributed by atoms with Gasteiger partial charge in [-0.05, 0) is 91.4 Å². The van der Waals surface area contributed by atoms with Crippen molar-refractivity contribution in [3.63, 3.8) is 0 Å². The van der Waals surface area contributed by atoms with E-state index in [1.54, 1.807) is 68.4 Å². The predicted octanol–water partition coefficient (Wildman–Crippen LogP) is 8.10. The minimum atomic E-state index is -4.77. The molecule has 0 aliphatic rings. The molecule has 230 valence electrons. The van der Waals surface area contributed by atoms with Gasteiger partial charge >= 0.3 is 0 Å². The topological polar surface area (TPSA) is 184 Å². The smallest absolute Gasteiger partial charge is 0.296 e. The summed E-state index contributed by atoms with van der Waals surface area (Å²) >= 11 is 0. The van der Waals surface area contributed by atoms with Gasteiger partial charge in [0, 0.05) is 11.1 Å². The maximum Gasteiger partial charge on any atom is 0.296 e. The molecule has 5 aromatic carbocycles. The van der Waals surface area contributed by atoms with Gasteiger partial charge in [0.2, 0.25) is 0 Å². The van der Waals surface area contributed by atoms with Crippen LogP contribution in [0.5, 0.6) is 5.75 Å². The van der Waals surface area contributed by atoms with Crippen molar-refractivity contribution in [2.24, 2.45) is 20.5 Å². The Kier molecular flexibility index (Phi) is 8.52. The lowest BCUT2D eigenvalue weighted by Crippen LogP contribution is -2.04. The zero-order chi connectivity index (χ0) is 32.5. The first-order valence-electron chi connectivity index (χ1n) is 13.6. The number of phenols is 1. The molecule has 13 heteroatoms. The molecule has 0 aromatic heterocycles. The lowest BCUT2D eigenvalue weighted by molar-refractivity contribution is 0.472. The third-order valence-electron chi connectivity index (χ3n) is 7.11. The van der Waals surface area contributed by atoms with Crippen LogP contribution in [0.25, 0.3) is 10.8 Å². The summed E-state index contributed by atoms with van der Waals surface area (Å²) in [6.45, 7) is 5.45. The normalized spacial score (nSPS) is 12.4. The number of anilines is 1. The summed E-state index contributed by atoms with van der Waals surface area (Å²) in [6.07, 6.45) is 0. The summed E-state index contributed by atoms with van der Waals surface area (Å²) in [5, 5.41) is 28.0. The van der Waals surface area contributed by atoms with Crippen LogP contribution >= 0.6 is 0 Å². The molecule has 0 spiro atoms. The molecule has 0 saturated heterocycles. The molecule has 11 nitrogen and oxygen atoms in total. The lowest BCUT2D eigenvalue weighted by Gasteiger charge is -2.10. The van der Waals surface area contributed by atoms with Crippen LogP contribution in [-0.2, 0) is 25.7 Å². The van der Waals surface area contributed by atoms with Crippen LogP contribution in [0.15, 0.2) is 115 Å². The largest absolute Gasteiger partial charge is 0.505 e. The number of benzene rings is 5. The van der Waals surface area contributed by atoms with Gasteiger partial charge in [-0.3, -0.25) is 4.55 Å². The van der Waals surface area contributed by atoms with Gasteiger partial charge in [-0.2, -0.15) is 23.8 Å². The molecule has 0 bridgehead atoms. The maximum atomic E-state index is 12.9. The molecule has 5 aromatic rings. The molecular formula is C32H29N5O6S2. The van der Waals surface area contributed by atoms with Gasteiger partial charge in [-0.25, -0.2) is 8.42 Å². The fourth-order valence-corrected chi connectivity index (χ4v) is 6.65. The van der Waals surface area contributed by atoms with Crippen molar-refractivity contribution in [3.05, 3.63) is 107 Å². The van der Waals surface area contributed by atoms with Crippen LogP contribution in [0.4, 0.5) is 28.4 Å². The van der Waals surface area contributed by atoms with Crippen LogP contribution in [0.3, 0.4) is 0 Å². The molecule has 0 saturated carbocycles. The van der Waals surface area contributed by atoms with E-state index in [1.165, 1.54) is 18.2 Å². The molecule has 0 fully saturated rings. The van der Waals surface area contributed by atoms with E-state index in [0.29, 0.717) is 39.1 Å². The monoisotopic (exact) mass is 643 g/mol. The van der Waals surface area contributed by atoms with Crippen molar-refractivity contribution in [1.82, 2.24) is 0 Å². The molecule has 0 amide bonds. The zero-order valence-corrected chi connectivity index (χ0v) is 26.1. The van der Waals surface area contributed by atoms with Crippen molar-refractivity contribution in [2.45, 2.75) is 36.3 Å². The highest BCUT2D eigenvalue weighted by molar-refractivity contribution is 7.90. The van der Waals surface area contributed by atoms with Gasteiger partial charge in [-0.15, -0.1) is 5.11 Å². The molecule has 0 heterocycles. The van der Waals surface area contributed by atoms with Gasteiger partial charge < -0.3 is 10.8 Å². The molecule has 5 rings (SSSR count). The first-order valence-corrected chi connectivity index (χ1v) is 16.7. The Morgan fingerprint density at radius 1 is 0.733 bits per heavy atom. The number of sulfone groups is 1. The Hall–Kier alpha value is -4.98. The molecule has 0 aliphatic heterocycles. The van der Waals surface area contributed by atoms with E-state index in [2.05, 4.69) is 20.5 Å². The third-order valence-corrected chi connectivity index (χ3v) is 9.68. The van der Waals surface area contributed by atoms with Gasteiger partial charge in [-0.1, -0.05) is 42.0 Å². The van der Waals surface area contributed by atoms with Crippen LogP contribution in [0, 0.1) is 20.8 Å². The summed E-state index contributed by atoms with van der Waals surface area (Å²) < 4.78 is 59.8. The summed E-state index contributed by atoms with van der Waals surface area (Å²) in [5.74, 6) is -0.641.